The number of fused-ring (bicyclic) bond motifs is 2. The molecule has 0 bridgehead atoms. The molecule has 4 rings (SSSR count). The van der Waals surface area contributed by atoms with Gasteiger partial charge in [-0.25, -0.2) is 4.79 Å². The Morgan fingerprint density at radius 2 is 1.96 bits per heavy atom. The molecule has 1 aliphatic carbocycles. The molecule has 1 aromatic carbocycles. The molecule has 1 amide bonds. The fourth-order valence-corrected chi connectivity index (χ4v) is 3.16. The number of Topliss-reactive ketones (excluding diaryl/α,β-unsaturated/α-hetero) is 1. The molecule has 1 fully saturated rings. The van der Waals surface area contributed by atoms with Crippen molar-refractivity contribution in [1.29, 1.82) is 0 Å². The predicted molar refractivity (Wildman–Crippen MR) is 82.3 cm³/mol. The van der Waals surface area contributed by atoms with Crippen molar-refractivity contribution < 1.29 is 19.5 Å². The molecule has 0 radical (unpaired) electrons. The first-order chi connectivity index (χ1) is 11.1. The van der Waals surface area contributed by atoms with E-state index in [1.165, 1.54) is 12.2 Å². The average molecular weight is 308 g/mol. The Morgan fingerprint density at radius 1 is 1.17 bits per heavy atom. The number of nitrogens with one attached hydrogen (secondary N) is 2. The normalized spacial score (nSPS) is 27.9. The highest BCUT2D eigenvalue weighted by Crippen LogP contribution is 2.37. The first kappa shape index (κ1) is 13.5. The molecule has 23 heavy (non-hydrogen) atoms. The van der Waals surface area contributed by atoms with Gasteiger partial charge in [0.2, 0.25) is 0 Å². The number of aliphatic carboxylic acids is 1. The zero-order chi connectivity index (χ0) is 16.1. The third-order valence-corrected chi connectivity index (χ3v) is 4.26. The largest absolute Gasteiger partial charge is 0.478 e. The van der Waals surface area contributed by atoms with Crippen molar-refractivity contribution in [2.24, 2.45) is 5.92 Å². The predicted octanol–water partition coefficient (Wildman–Crippen LogP) is 1.09. The maximum atomic E-state index is 12.7. The van der Waals surface area contributed by atoms with Gasteiger partial charge in [0.15, 0.2) is 5.78 Å². The van der Waals surface area contributed by atoms with E-state index in [1.807, 2.05) is 0 Å². The summed E-state index contributed by atoms with van der Waals surface area (Å²) in [4.78, 5) is 36.0. The Hall–Kier alpha value is -3.15. The SMILES string of the molecule is O=C(O)C1=CC2C(=O)/C(=C3/C(=O)Nc4ccccc43)NC2C=C1. The van der Waals surface area contributed by atoms with Gasteiger partial charge in [0.25, 0.3) is 5.91 Å². The second kappa shape index (κ2) is 4.67. The highest BCUT2D eigenvalue weighted by molar-refractivity contribution is 6.36. The number of carbonyl (C=O) groups excluding carboxylic acids is 2. The van der Waals surface area contributed by atoms with Gasteiger partial charge in [-0.05, 0) is 12.1 Å². The summed E-state index contributed by atoms with van der Waals surface area (Å²) in [5.41, 5.74) is 2.00. The van der Waals surface area contributed by atoms with E-state index >= 15 is 0 Å². The Balaban J connectivity index is 1.81. The van der Waals surface area contributed by atoms with Crippen LogP contribution in [0.2, 0.25) is 0 Å². The maximum Gasteiger partial charge on any atom is 0.335 e. The van der Waals surface area contributed by atoms with Gasteiger partial charge < -0.3 is 15.7 Å². The lowest BCUT2D eigenvalue weighted by Gasteiger charge is -2.15. The molecule has 1 saturated heterocycles. The van der Waals surface area contributed by atoms with E-state index in [4.69, 9.17) is 5.11 Å². The summed E-state index contributed by atoms with van der Waals surface area (Å²) in [6.45, 7) is 0. The summed E-state index contributed by atoms with van der Waals surface area (Å²) in [7, 11) is 0. The van der Waals surface area contributed by atoms with Crippen LogP contribution in [0.15, 0.2) is 53.8 Å². The molecular weight excluding hydrogens is 296 g/mol. The van der Waals surface area contributed by atoms with Crippen LogP contribution in [-0.2, 0) is 14.4 Å². The summed E-state index contributed by atoms with van der Waals surface area (Å²) in [6.07, 6.45) is 4.56. The van der Waals surface area contributed by atoms with Crippen LogP contribution in [0.1, 0.15) is 5.56 Å². The highest BCUT2D eigenvalue weighted by atomic mass is 16.4. The third-order valence-electron chi connectivity index (χ3n) is 4.26. The molecule has 2 aliphatic heterocycles. The Morgan fingerprint density at radius 3 is 2.74 bits per heavy atom. The standard InChI is InChI=1S/C17H12N2O4/c20-15-10-7-8(17(22)23)5-6-12(10)18-14(15)13-9-3-1-2-4-11(9)19-16(13)21/h1-7,10,12,18H,(H,19,21)(H,22,23)/b14-13-. The van der Waals surface area contributed by atoms with Crippen LogP contribution >= 0.6 is 0 Å². The van der Waals surface area contributed by atoms with Crippen molar-refractivity contribution in [2.45, 2.75) is 6.04 Å². The molecular formula is C17H12N2O4. The molecule has 1 aromatic rings. The van der Waals surface area contributed by atoms with Gasteiger partial charge in [-0.15, -0.1) is 0 Å². The van der Waals surface area contributed by atoms with Crippen LogP contribution < -0.4 is 10.6 Å². The van der Waals surface area contributed by atoms with Crippen LogP contribution in [0.3, 0.4) is 0 Å². The Kier molecular flexibility index (Phi) is 2.74. The Labute approximate surface area is 131 Å². The summed E-state index contributed by atoms with van der Waals surface area (Å²) >= 11 is 0. The van der Waals surface area contributed by atoms with Gasteiger partial charge in [-0.2, -0.15) is 0 Å². The van der Waals surface area contributed by atoms with Gasteiger partial charge in [0.05, 0.1) is 28.8 Å². The van der Waals surface area contributed by atoms with Crippen LogP contribution in [-0.4, -0.2) is 28.8 Å². The minimum absolute atomic E-state index is 0.0870. The number of rotatable bonds is 1. The molecule has 0 spiro atoms. The summed E-state index contributed by atoms with van der Waals surface area (Å²) in [5.74, 6) is -2.27. The van der Waals surface area contributed by atoms with E-state index in [2.05, 4.69) is 10.6 Å². The summed E-state index contributed by atoms with van der Waals surface area (Å²) in [6, 6.07) is 6.83. The van der Waals surface area contributed by atoms with Gasteiger partial charge in [-0.1, -0.05) is 30.4 Å². The van der Waals surface area contributed by atoms with Crippen LogP contribution in [0.25, 0.3) is 5.57 Å². The molecule has 114 valence electrons. The number of carboxylic acids is 1. The van der Waals surface area contributed by atoms with E-state index in [9.17, 15) is 14.4 Å². The van der Waals surface area contributed by atoms with Crippen LogP contribution in [0.4, 0.5) is 5.69 Å². The molecule has 2 heterocycles. The van der Waals surface area contributed by atoms with E-state index in [0.29, 0.717) is 16.8 Å². The second-order valence-corrected chi connectivity index (χ2v) is 5.60. The van der Waals surface area contributed by atoms with Gasteiger partial charge in [0.1, 0.15) is 0 Å². The molecule has 3 aliphatic rings. The number of ketones is 1. The quantitative estimate of drug-likeness (QED) is 0.675. The molecule has 3 N–H and O–H groups in total. The zero-order valence-corrected chi connectivity index (χ0v) is 11.9. The number of carbonyl (C=O) groups is 3. The molecule has 2 unspecified atom stereocenters. The molecule has 6 heteroatoms. The minimum atomic E-state index is -1.07. The molecule has 0 aromatic heterocycles. The first-order valence-corrected chi connectivity index (χ1v) is 7.15. The number of hydrogen-bond donors (Lipinski definition) is 3. The van der Waals surface area contributed by atoms with Crippen LogP contribution in [0, 0.1) is 5.92 Å². The number of benzene rings is 1. The lowest BCUT2D eigenvalue weighted by atomic mass is 9.90. The van der Waals surface area contributed by atoms with Crippen molar-refractivity contribution in [3.8, 4) is 0 Å². The summed E-state index contributed by atoms with van der Waals surface area (Å²) in [5, 5.41) is 14.9. The second-order valence-electron chi connectivity index (χ2n) is 5.60. The molecule has 0 saturated carbocycles. The van der Waals surface area contributed by atoms with Gasteiger partial charge in [-0.3, -0.25) is 9.59 Å². The number of hydrogen-bond acceptors (Lipinski definition) is 4. The maximum absolute atomic E-state index is 12.7. The number of carboxylic acid groups (broad SMARTS) is 1. The zero-order valence-electron chi connectivity index (χ0n) is 11.9. The van der Waals surface area contributed by atoms with Crippen molar-refractivity contribution in [1.82, 2.24) is 5.32 Å². The van der Waals surface area contributed by atoms with Crippen molar-refractivity contribution >= 4 is 28.9 Å². The lowest BCUT2D eigenvalue weighted by Crippen LogP contribution is -2.26. The first-order valence-electron chi connectivity index (χ1n) is 7.15. The van der Waals surface area contributed by atoms with Crippen molar-refractivity contribution in [3.05, 3.63) is 59.3 Å². The van der Waals surface area contributed by atoms with Crippen molar-refractivity contribution in [3.63, 3.8) is 0 Å². The number of anilines is 1. The highest BCUT2D eigenvalue weighted by Gasteiger charge is 2.42. The fraction of sp³-hybridized carbons (Fsp3) is 0.118. The Bertz CT molecular complexity index is 863. The topological polar surface area (TPSA) is 95.5 Å². The van der Waals surface area contributed by atoms with Gasteiger partial charge >= 0.3 is 5.97 Å². The van der Waals surface area contributed by atoms with Crippen molar-refractivity contribution in [2.75, 3.05) is 5.32 Å². The summed E-state index contributed by atoms with van der Waals surface area (Å²) < 4.78 is 0. The van der Waals surface area contributed by atoms with E-state index in [-0.39, 0.29) is 29.0 Å². The number of allylic oxidation sites excluding steroid dienone is 1. The number of amides is 1. The lowest BCUT2D eigenvalue weighted by molar-refractivity contribution is -0.132. The molecule has 2 atom stereocenters. The van der Waals surface area contributed by atoms with E-state index in [0.717, 1.165) is 0 Å². The molecule has 6 nitrogen and oxygen atoms in total. The number of para-hydroxylation sites is 1. The monoisotopic (exact) mass is 308 g/mol. The average Bonchev–Trinajstić information content (AvgIpc) is 3.03. The third kappa shape index (κ3) is 1.92. The fourth-order valence-electron chi connectivity index (χ4n) is 3.16. The smallest absolute Gasteiger partial charge is 0.335 e. The van der Waals surface area contributed by atoms with Crippen LogP contribution in [0.5, 0.6) is 0 Å². The van der Waals surface area contributed by atoms with E-state index < -0.39 is 11.9 Å². The van der Waals surface area contributed by atoms with Gasteiger partial charge in [0, 0.05) is 11.3 Å². The van der Waals surface area contributed by atoms with E-state index in [1.54, 1.807) is 30.3 Å². The minimum Gasteiger partial charge on any atom is -0.478 e.